The number of rotatable bonds is 2. The summed E-state index contributed by atoms with van der Waals surface area (Å²) in [7, 11) is 0. The minimum Gasteiger partial charge on any atom is -0.329 e. The lowest BCUT2D eigenvalue weighted by Crippen LogP contribution is -2.44. The minimum absolute atomic E-state index is 0.0915. The molecule has 0 fully saturated rings. The van der Waals surface area contributed by atoms with Crippen LogP contribution in [0.3, 0.4) is 0 Å². The van der Waals surface area contributed by atoms with Gasteiger partial charge in [-0.25, -0.2) is 4.39 Å². The zero-order valence-corrected chi connectivity index (χ0v) is 14.7. The number of allylic oxidation sites excluding steroid dienone is 1. The van der Waals surface area contributed by atoms with Gasteiger partial charge >= 0.3 is 0 Å². The third-order valence-corrected chi connectivity index (χ3v) is 4.74. The molecule has 132 valence electrons. The number of carbonyl (C=O) groups is 3. The summed E-state index contributed by atoms with van der Waals surface area (Å²) in [6, 6.07) is 3.81. The first kappa shape index (κ1) is 17.6. The number of ketones is 1. The van der Waals surface area contributed by atoms with Gasteiger partial charge in [0.15, 0.2) is 5.78 Å². The number of hydrogen-bond acceptors (Lipinski definition) is 3. The molecule has 0 radical (unpaired) electrons. The van der Waals surface area contributed by atoms with Gasteiger partial charge < -0.3 is 10.6 Å². The third kappa shape index (κ3) is 3.58. The van der Waals surface area contributed by atoms with E-state index in [0.717, 1.165) is 6.07 Å². The summed E-state index contributed by atoms with van der Waals surface area (Å²) in [6.45, 7) is 3.90. The van der Waals surface area contributed by atoms with Gasteiger partial charge in [-0.3, -0.25) is 14.4 Å². The van der Waals surface area contributed by atoms with Gasteiger partial charge in [-0.15, -0.1) is 0 Å². The molecule has 1 atom stereocenters. The first-order valence-corrected chi connectivity index (χ1v) is 8.36. The summed E-state index contributed by atoms with van der Waals surface area (Å²) in [5.74, 6) is -2.33. The van der Waals surface area contributed by atoms with E-state index in [0.29, 0.717) is 29.8 Å². The third-order valence-electron chi connectivity index (χ3n) is 4.45. The molecule has 2 N–H and O–H groups in total. The fourth-order valence-electron chi connectivity index (χ4n) is 3.38. The van der Waals surface area contributed by atoms with E-state index in [2.05, 4.69) is 10.6 Å². The second-order valence-corrected chi connectivity index (χ2v) is 7.66. The number of carbonyl (C=O) groups excluding carboxylic acids is 3. The first-order chi connectivity index (χ1) is 11.7. The van der Waals surface area contributed by atoms with E-state index in [4.69, 9.17) is 11.6 Å². The number of nitrogens with one attached hydrogen (secondary N) is 2. The Morgan fingerprint density at radius 1 is 1.32 bits per heavy atom. The Balaban J connectivity index is 1.89. The molecular formula is C18H18ClFN2O3. The largest absolute Gasteiger partial charge is 0.329 e. The highest BCUT2D eigenvalue weighted by Gasteiger charge is 2.42. The molecule has 1 unspecified atom stereocenters. The number of halogens is 2. The highest BCUT2D eigenvalue weighted by Crippen LogP contribution is 2.40. The number of benzene rings is 1. The lowest BCUT2D eigenvalue weighted by molar-refractivity contribution is -0.129. The van der Waals surface area contributed by atoms with Crippen LogP contribution < -0.4 is 10.6 Å². The second kappa shape index (κ2) is 6.26. The topological polar surface area (TPSA) is 75.3 Å². The minimum atomic E-state index is -0.851. The van der Waals surface area contributed by atoms with Crippen LogP contribution in [0.15, 0.2) is 29.5 Å². The van der Waals surface area contributed by atoms with Gasteiger partial charge in [0.2, 0.25) is 11.8 Å². The van der Waals surface area contributed by atoms with Crippen LogP contribution in [0.4, 0.5) is 10.1 Å². The Labute approximate surface area is 149 Å². The van der Waals surface area contributed by atoms with Crippen molar-refractivity contribution >= 4 is 34.9 Å². The lowest BCUT2D eigenvalue weighted by Gasteiger charge is -2.37. The summed E-state index contributed by atoms with van der Waals surface area (Å²) in [4.78, 5) is 37.2. The molecule has 2 amide bonds. The maximum absolute atomic E-state index is 13.2. The molecule has 0 spiro atoms. The molecule has 7 heteroatoms. The smallest absolute Gasteiger partial charge is 0.232 e. The van der Waals surface area contributed by atoms with Gasteiger partial charge in [0.05, 0.1) is 10.9 Å². The van der Waals surface area contributed by atoms with Crippen molar-refractivity contribution in [2.24, 2.45) is 11.3 Å². The van der Waals surface area contributed by atoms with Gasteiger partial charge in [-0.2, -0.15) is 0 Å². The highest BCUT2D eigenvalue weighted by atomic mass is 35.5. The lowest BCUT2D eigenvalue weighted by atomic mass is 9.71. The van der Waals surface area contributed by atoms with E-state index in [-0.39, 0.29) is 28.5 Å². The van der Waals surface area contributed by atoms with Crippen molar-refractivity contribution in [3.63, 3.8) is 0 Å². The fourth-order valence-corrected chi connectivity index (χ4v) is 3.56. The number of Topliss-reactive ketones (excluding diaryl/α,β-unsaturated/α-hetero) is 1. The molecular weight excluding hydrogens is 347 g/mol. The van der Waals surface area contributed by atoms with Crippen LogP contribution in [0, 0.1) is 17.2 Å². The first-order valence-electron chi connectivity index (χ1n) is 7.98. The van der Waals surface area contributed by atoms with Gasteiger partial charge in [0, 0.05) is 29.8 Å². The summed E-state index contributed by atoms with van der Waals surface area (Å²) in [6.07, 6.45) is 0.769. The molecule has 2 aliphatic rings. The molecule has 1 aliphatic heterocycles. The van der Waals surface area contributed by atoms with Gasteiger partial charge in [0.25, 0.3) is 0 Å². The van der Waals surface area contributed by atoms with Crippen LogP contribution in [0.1, 0.15) is 33.1 Å². The predicted molar refractivity (Wildman–Crippen MR) is 91.3 cm³/mol. The van der Waals surface area contributed by atoms with Crippen LogP contribution >= 0.6 is 11.6 Å². The van der Waals surface area contributed by atoms with E-state index in [1.54, 1.807) is 0 Å². The molecule has 1 aromatic rings. The molecule has 1 heterocycles. The summed E-state index contributed by atoms with van der Waals surface area (Å²) < 4.78 is 13.2. The second-order valence-electron chi connectivity index (χ2n) is 7.26. The van der Waals surface area contributed by atoms with Crippen molar-refractivity contribution in [2.45, 2.75) is 33.1 Å². The maximum atomic E-state index is 13.2. The SMILES string of the molecule is CC1(C)CC(=O)C2=C(C1)NC(=O)CC2C(=O)Nc1ccc(F)c(Cl)c1. The Hall–Kier alpha value is -2.21. The van der Waals surface area contributed by atoms with Crippen molar-refractivity contribution in [1.29, 1.82) is 0 Å². The van der Waals surface area contributed by atoms with Crippen LogP contribution in [0.5, 0.6) is 0 Å². The van der Waals surface area contributed by atoms with Crippen LogP contribution in [0.2, 0.25) is 5.02 Å². The Morgan fingerprint density at radius 2 is 2.04 bits per heavy atom. The zero-order chi connectivity index (χ0) is 18.4. The van der Waals surface area contributed by atoms with Crippen LogP contribution in [0.25, 0.3) is 0 Å². The molecule has 25 heavy (non-hydrogen) atoms. The van der Waals surface area contributed by atoms with E-state index < -0.39 is 17.6 Å². The quantitative estimate of drug-likeness (QED) is 0.846. The van der Waals surface area contributed by atoms with Crippen molar-refractivity contribution < 1.29 is 18.8 Å². The van der Waals surface area contributed by atoms with E-state index in [1.165, 1.54) is 12.1 Å². The predicted octanol–water partition coefficient (Wildman–Crippen LogP) is 3.20. The van der Waals surface area contributed by atoms with Gasteiger partial charge in [-0.05, 0) is 30.0 Å². The summed E-state index contributed by atoms with van der Waals surface area (Å²) in [5.41, 5.74) is 0.971. The van der Waals surface area contributed by atoms with Crippen molar-refractivity contribution in [3.8, 4) is 0 Å². The van der Waals surface area contributed by atoms with Crippen molar-refractivity contribution in [2.75, 3.05) is 5.32 Å². The molecule has 1 aliphatic carbocycles. The number of amides is 2. The highest BCUT2D eigenvalue weighted by molar-refractivity contribution is 6.31. The molecule has 0 saturated heterocycles. The summed E-state index contributed by atoms with van der Waals surface area (Å²) in [5, 5.41) is 5.24. The summed E-state index contributed by atoms with van der Waals surface area (Å²) >= 11 is 5.72. The molecule has 0 saturated carbocycles. The monoisotopic (exact) mass is 364 g/mol. The standard InChI is InChI=1S/C18H18ClFN2O3/c1-18(2)7-13-16(14(23)8-18)10(6-15(24)22-13)17(25)21-9-3-4-12(20)11(19)5-9/h3-5,10H,6-8H2,1-2H3,(H,21,25)(H,22,24). The fraction of sp³-hybridized carbons (Fsp3) is 0.389. The van der Waals surface area contributed by atoms with Gasteiger partial charge in [-0.1, -0.05) is 25.4 Å². The molecule has 5 nitrogen and oxygen atoms in total. The molecule has 3 rings (SSSR count). The van der Waals surface area contributed by atoms with Crippen molar-refractivity contribution in [1.82, 2.24) is 5.32 Å². The zero-order valence-electron chi connectivity index (χ0n) is 13.9. The average Bonchev–Trinajstić information content (AvgIpc) is 2.48. The average molecular weight is 365 g/mol. The molecule has 0 aromatic heterocycles. The van der Waals surface area contributed by atoms with Crippen LogP contribution in [-0.4, -0.2) is 17.6 Å². The number of anilines is 1. The van der Waals surface area contributed by atoms with E-state index in [1.807, 2.05) is 13.8 Å². The normalized spacial score (nSPS) is 22.3. The molecule has 1 aromatic carbocycles. The van der Waals surface area contributed by atoms with Gasteiger partial charge in [0.1, 0.15) is 5.82 Å². The van der Waals surface area contributed by atoms with Crippen LogP contribution in [-0.2, 0) is 14.4 Å². The van der Waals surface area contributed by atoms with E-state index >= 15 is 0 Å². The van der Waals surface area contributed by atoms with E-state index in [9.17, 15) is 18.8 Å². The Bertz CT molecular complexity index is 817. The van der Waals surface area contributed by atoms with Crippen molar-refractivity contribution in [3.05, 3.63) is 40.3 Å². The molecule has 0 bridgehead atoms. The Kier molecular flexibility index (Phi) is 4.41. The Morgan fingerprint density at radius 3 is 2.72 bits per heavy atom. The number of hydrogen-bond donors (Lipinski definition) is 2. The maximum Gasteiger partial charge on any atom is 0.232 e.